The van der Waals surface area contributed by atoms with E-state index >= 15 is 0 Å². The number of nitrogens with two attached hydrogens (primary N) is 1. The molecule has 3 saturated carbocycles. The fourth-order valence-electron chi connectivity index (χ4n) is 3.19. The minimum atomic E-state index is -0.431. The van der Waals surface area contributed by atoms with Crippen LogP contribution in [-0.4, -0.2) is 23.8 Å². The highest BCUT2D eigenvalue weighted by atomic mass is 35.5. The van der Waals surface area contributed by atoms with Crippen LogP contribution in [0, 0.1) is 11.8 Å². The van der Waals surface area contributed by atoms with Crippen LogP contribution < -0.4 is 11.1 Å². The summed E-state index contributed by atoms with van der Waals surface area (Å²) in [6, 6.07) is 0.467. The molecule has 0 saturated heterocycles. The van der Waals surface area contributed by atoms with E-state index in [0.29, 0.717) is 11.8 Å². The zero-order valence-corrected chi connectivity index (χ0v) is 12.3. The molecule has 3 N–H and O–H groups in total. The molecule has 3 aliphatic rings. The normalized spacial score (nSPS) is 34.7. The first-order valence-corrected chi connectivity index (χ1v) is 6.60. The largest absolute Gasteiger partial charge is 0.444 e. The molecular formula is C13H25ClN2O2. The Morgan fingerprint density at radius 1 is 1.28 bits per heavy atom. The van der Waals surface area contributed by atoms with Gasteiger partial charge in [0.05, 0.1) is 0 Å². The molecule has 1 amide bonds. The Morgan fingerprint density at radius 2 is 1.94 bits per heavy atom. The average molecular weight is 277 g/mol. The lowest BCUT2D eigenvalue weighted by molar-refractivity contribution is 0.0373. The molecule has 3 aliphatic carbocycles. The molecule has 4 nitrogen and oxygen atoms in total. The number of amides is 1. The zero-order valence-electron chi connectivity index (χ0n) is 11.4. The molecule has 2 bridgehead atoms. The van der Waals surface area contributed by atoms with Crippen LogP contribution in [0.5, 0.6) is 0 Å². The molecule has 0 aliphatic heterocycles. The third kappa shape index (κ3) is 3.75. The standard InChI is InChI=1S/C13H24N2O2.ClH/c1-13(2,3)17-12(16)15-11-7-8-4-5-9(11)10(14)6-8;/h8-11H,4-7,14H2,1-3H3,(H,15,16);1H/t8-,9+,10-,11+;/m0./s1. The van der Waals surface area contributed by atoms with Gasteiger partial charge in [0.25, 0.3) is 0 Å². The van der Waals surface area contributed by atoms with Gasteiger partial charge in [-0.05, 0) is 58.3 Å². The Labute approximate surface area is 115 Å². The quantitative estimate of drug-likeness (QED) is 0.773. The number of carbonyl (C=O) groups is 1. The maximum absolute atomic E-state index is 11.7. The van der Waals surface area contributed by atoms with Crippen LogP contribution in [0.1, 0.15) is 46.5 Å². The summed E-state index contributed by atoms with van der Waals surface area (Å²) in [5.74, 6) is 1.13. The van der Waals surface area contributed by atoms with E-state index in [0.717, 1.165) is 19.3 Å². The molecule has 0 aromatic heterocycles. The Hall–Kier alpha value is -0.480. The monoisotopic (exact) mass is 276 g/mol. The number of alkyl carbamates (subject to hydrolysis) is 1. The van der Waals surface area contributed by atoms with Crippen molar-refractivity contribution in [1.82, 2.24) is 5.32 Å². The smallest absolute Gasteiger partial charge is 0.407 e. The lowest BCUT2D eigenvalue weighted by Crippen LogP contribution is -2.56. The predicted octanol–water partition coefficient (Wildman–Crippen LogP) is 2.45. The van der Waals surface area contributed by atoms with E-state index in [1.54, 1.807) is 0 Å². The van der Waals surface area contributed by atoms with Gasteiger partial charge in [-0.15, -0.1) is 12.4 Å². The van der Waals surface area contributed by atoms with Gasteiger partial charge < -0.3 is 15.8 Å². The van der Waals surface area contributed by atoms with Crippen LogP contribution in [0.3, 0.4) is 0 Å². The minimum absolute atomic E-state index is 0. The van der Waals surface area contributed by atoms with E-state index in [1.807, 2.05) is 20.8 Å². The van der Waals surface area contributed by atoms with Gasteiger partial charge in [0, 0.05) is 12.1 Å². The van der Waals surface area contributed by atoms with Crippen molar-refractivity contribution in [1.29, 1.82) is 0 Å². The summed E-state index contributed by atoms with van der Waals surface area (Å²) in [6.07, 6.45) is 4.30. The maximum Gasteiger partial charge on any atom is 0.407 e. The maximum atomic E-state index is 11.7. The van der Waals surface area contributed by atoms with E-state index in [1.165, 1.54) is 6.42 Å². The molecule has 0 unspecified atom stereocenters. The van der Waals surface area contributed by atoms with Crippen molar-refractivity contribution < 1.29 is 9.53 Å². The van der Waals surface area contributed by atoms with Gasteiger partial charge in [0.15, 0.2) is 0 Å². The molecule has 0 aromatic carbocycles. The molecule has 5 heteroatoms. The van der Waals surface area contributed by atoms with Gasteiger partial charge in [-0.1, -0.05) is 0 Å². The Kier molecular flexibility index (Phi) is 4.90. The van der Waals surface area contributed by atoms with Crippen molar-refractivity contribution in [3.05, 3.63) is 0 Å². The zero-order chi connectivity index (χ0) is 12.6. The number of nitrogens with one attached hydrogen (secondary N) is 1. The summed E-state index contributed by atoms with van der Waals surface area (Å²) >= 11 is 0. The SMILES string of the molecule is CC(C)(C)OC(=O)N[C@@H]1C[C@H]2CC[C@@H]1[C@@H](N)C2.Cl. The summed E-state index contributed by atoms with van der Waals surface area (Å²) in [4.78, 5) is 11.7. The molecule has 18 heavy (non-hydrogen) atoms. The van der Waals surface area contributed by atoms with Gasteiger partial charge in [-0.25, -0.2) is 4.79 Å². The second-order valence-corrected chi connectivity index (χ2v) is 6.50. The Bertz CT molecular complexity index is 304. The summed E-state index contributed by atoms with van der Waals surface area (Å²) in [5.41, 5.74) is 5.69. The van der Waals surface area contributed by atoms with Crippen LogP contribution in [0.15, 0.2) is 0 Å². The third-order valence-corrected chi connectivity index (χ3v) is 3.87. The second-order valence-electron chi connectivity index (χ2n) is 6.50. The fraction of sp³-hybridized carbons (Fsp3) is 0.923. The molecule has 0 radical (unpaired) electrons. The number of halogens is 1. The van der Waals surface area contributed by atoms with Gasteiger partial charge in [-0.2, -0.15) is 0 Å². The number of rotatable bonds is 1. The topological polar surface area (TPSA) is 64.3 Å². The molecule has 0 spiro atoms. The molecule has 3 rings (SSSR count). The van der Waals surface area contributed by atoms with E-state index in [2.05, 4.69) is 5.32 Å². The fourth-order valence-corrected chi connectivity index (χ4v) is 3.19. The lowest BCUT2D eigenvalue weighted by Gasteiger charge is -2.46. The van der Waals surface area contributed by atoms with Crippen LogP contribution in [-0.2, 0) is 4.74 Å². The first kappa shape index (κ1) is 15.6. The molecule has 4 atom stereocenters. The highest BCUT2D eigenvalue weighted by Crippen LogP contribution is 2.40. The van der Waals surface area contributed by atoms with Crippen molar-refractivity contribution >= 4 is 18.5 Å². The van der Waals surface area contributed by atoms with E-state index in [4.69, 9.17) is 10.5 Å². The van der Waals surface area contributed by atoms with Crippen LogP contribution in [0.4, 0.5) is 4.79 Å². The number of hydrogen-bond acceptors (Lipinski definition) is 3. The van der Waals surface area contributed by atoms with E-state index in [-0.39, 0.29) is 30.6 Å². The summed E-state index contributed by atoms with van der Waals surface area (Å²) < 4.78 is 5.29. The van der Waals surface area contributed by atoms with Crippen molar-refractivity contribution in [2.75, 3.05) is 0 Å². The summed E-state index contributed by atoms with van der Waals surface area (Å²) in [6.45, 7) is 5.64. The summed E-state index contributed by atoms with van der Waals surface area (Å²) in [7, 11) is 0. The highest BCUT2D eigenvalue weighted by Gasteiger charge is 2.41. The number of ether oxygens (including phenoxy) is 1. The van der Waals surface area contributed by atoms with Gasteiger partial charge >= 0.3 is 6.09 Å². The van der Waals surface area contributed by atoms with Crippen LogP contribution in [0.25, 0.3) is 0 Å². The lowest BCUT2D eigenvalue weighted by atomic mass is 9.65. The molecule has 106 valence electrons. The number of fused-ring (bicyclic) bond motifs is 3. The molecule has 3 fully saturated rings. The van der Waals surface area contributed by atoms with E-state index < -0.39 is 5.60 Å². The van der Waals surface area contributed by atoms with Crippen molar-refractivity contribution in [2.45, 2.75) is 64.1 Å². The van der Waals surface area contributed by atoms with Crippen molar-refractivity contribution in [2.24, 2.45) is 17.6 Å². The van der Waals surface area contributed by atoms with Crippen molar-refractivity contribution in [3.8, 4) is 0 Å². The molecule has 0 aromatic rings. The molecular weight excluding hydrogens is 252 g/mol. The van der Waals surface area contributed by atoms with E-state index in [9.17, 15) is 4.79 Å². The first-order valence-electron chi connectivity index (χ1n) is 6.60. The first-order chi connectivity index (χ1) is 7.85. The van der Waals surface area contributed by atoms with Crippen LogP contribution in [0.2, 0.25) is 0 Å². The van der Waals surface area contributed by atoms with Crippen molar-refractivity contribution in [3.63, 3.8) is 0 Å². The minimum Gasteiger partial charge on any atom is -0.444 e. The second kappa shape index (κ2) is 5.66. The van der Waals surface area contributed by atoms with Gasteiger partial charge in [0.2, 0.25) is 0 Å². The highest BCUT2D eigenvalue weighted by molar-refractivity contribution is 5.85. The average Bonchev–Trinajstić information content (AvgIpc) is 2.14. The Morgan fingerprint density at radius 3 is 2.44 bits per heavy atom. The van der Waals surface area contributed by atoms with Gasteiger partial charge in [-0.3, -0.25) is 0 Å². The predicted molar refractivity (Wildman–Crippen MR) is 73.8 cm³/mol. The Balaban J connectivity index is 0.00000162. The number of hydrogen-bond donors (Lipinski definition) is 2. The number of carbonyl (C=O) groups excluding carboxylic acids is 1. The third-order valence-electron chi connectivity index (χ3n) is 3.87. The summed E-state index contributed by atoms with van der Waals surface area (Å²) in [5, 5.41) is 3.00. The van der Waals surface area contributed by atoms with Crippen LogP contribution >= 0.6 is 12.4 Å². The molecule has 0 heterocycles. The van der Waals surface area contributed by atoms with Gasteiger partial charge in [0.1, 0.15) is 5.60 Å².